The summed E-state index contributed by atoms with van der Waals surface area (Å²) < 4.78 is 0. The number of para-hydroxylation sites is 2. The Kier molecular flexibility index (Phi) is 3.07. The molecule has 0 aromatic heterocycles. The summed E-state index contributed by atoms with van der Waals surface area (Å²) in [5.41, 5.74) is 3.96. The van der Waals surface area contributed by atoms with Gasteiger partial charge in [-0.25, -0.2) is 0 Å². The number of hydrogen-bond donors (Lipinski definition) is 0. The minimum Gasteiger partial charge on any atom is -0.392 e. The van der Waals surface area contributed by atoms with Gasteiger partial charge in [0.1, 0.15) is 0 Å². The van der Waals surface area contributed by atoms with Crippen molar-refractivity contribution in [3.8, 4) is 0 Å². The maximum atomic E-state index is 2.85. The molecule has 3 heteroatoms. The molecule has 0 saturated heterocycles. The molecule has 1 aliphatic heterocycles. The standard InChI is InChI=1S/C26H34BN2/c1-2-4-24-23(3-1)28(25-11-17-5-18(12-25)7-19(6-17)13-25)27-29(24)26-14-20-8-21(15-26)10-22(9-20)16-26/h1-4,17-22H,5-16H2. The van der Waals surface area contributed by atoms with E-state index in [0.717, 1.165) is 35.5 Å². The van der Waals surface area contributed by atoms with Crippen molar-refractivity contribution in [2.75, 3.05) is 9.62 Å². The van der Waals surface area contributed by atoms with Crippen molar-refractivity contribution in [3.63, 3.8) is 0 Å². The zero-order valence-electron chi connectivity index (χ0n) is 17.7. The molecule has 0 atom stereocenters. The molecule has 9 aliphatic rings. The highest BCUT2D eigenvalue weighted by atomic mass is 15.3. The molecule has 0 amide bonds. The summed E-state index contributed by atoms with van der Waals surface area (Å²) >= 11 is 0. The first kappa shape index (κ1) is 16.6. The van der Waals surface area contributed by atoms with Crippen molar-refractivity contribution in [2.45, 2.75) is 88.1 Å². The van der Waals surface area contributed by atoms with Crippen LogP contribution in [0, 0.1) is 35.5 Å². The van der Waals surface area contributed by atoms with Crippen molar-refractivity contribution >= 4 is 18.9 Å². The fraction of sp³-hybridized carbons (Fsp3) is 0.769. The molecule has 2 nitrogen and oxygen atoms in total. The van der Waals surface area contributed by atoms with Gasteiger partial charge < -0.3 is 9.62 Å². The van der Waals surface area contributed by atoms with E-state index in [1.165, 1.54) is 77.0 Å². The van der Waals surface area contributed by atoms with Crippen LogP contribution in [0.3, 0.4) is 0 Å². The molecule has 0 N–H and O–H groups in total. The Morgan fingerprint density at radius 2 is 0.862 bits per heavy atom. The Morgan fingerprint density at radius 3 is 1.17 bits per heavy atom. The van der Waals surface area contributed by atoms with Crippen LogP contribution < -0.4 is 9.62 Å². The van der Waals surface area contributed by atoms with Gasteiger partial charge in [0.2, 0.25) is 0 Å². The molecule has 0 spiro atoms. The third-order valence-electron chi connectivity index (χ3n) is 10.7. The van der Waals surface area contributed by atoms with Crippen molar-refractivity contribution in [3.05, 3.63) is 24.3 Å². The van der Waals surface area contributed by atoms with Crippen LogP contribution in [-0.2, 0) is 0 Å². The van der Waals surface area contributed by atoms with Gasteiger partial charge in [-0.1, -0.05) is 12.1 Å². The van der Waals surface area contributed by atoms with E-state index in [2.05, 4.69) is 41.4 Å². The first-order valence-electron chi connectivity index (χ1n) is 12.7. The molecule has 0 unspecified atom stereocenters. The molecule has 8 bridgehead atoms. The topological polar surface area (TPSA) is 6.48 Å². The Labute approximate surface area is 176 Å². The molecule has 151 valence electrons. The zero-order valence-corrected chi connectivity index (χ0v) is 17.7. The maximum Gasteiger partial charge on any atom is 0.392 e. The second-order valence-electron chi connectivity index (χ2n) is 12.6. The zero-order chi connectivity index (χ0) is 18.8. The lowest BCUT2D eigenvalue weighted by Gasteiger charge is -2.62. The van der Waals surface area contributed by atoms with Crippen LogP contribution in [0.25, 0.3) is 0 Å². The summed E-state index contributed by atoms with van der Waals surface area (Å²) in [6.07, 6.45) is 18.0. The monoisotopic (exact) mass is 385 g/mol. The van der Waals surface area contributed by atoms with E-state index in [-0.39, 0.29) is 0 Å². The minimum atomic E-state index is 0.432. The largest absolute Gasteiger partial charge is 0.392 e. The van der Waals surface area contributed by atoms with E-state index < -0.39 is 0 Å². The van der Waals surface area contributed by atoms with Crippen LogP contribution >= 0.6 is 0 Å². The molecule has 29 heavy (non-hydrogen) atoms. The van der Waals surface area contributed by atoms with Crippen LogP contribution in [0.5, 0.6) is 0 Å². The lowest BCUT2D eigenvalue weighted by Crippen LogP contribution is -2.66. The van der Waals surface area contributed by atoms with Crippen molar-refractivity contribution in [1.82, 2.24) is 0 Å². The summed E-state index contributed by atoms with van der Waals surface area (Å²) in [5, 5.41) is 0. The summed E-state index contributed by atoms with van der Waals surface area (Å²) in [4.78, 5) is 5.71. The lowest BCUT2D eigenvalue weighted by atomic mass is 9.51. The van der Waals surface area contributed by atoms with Gasteiger partial charge >= 0.3 is 7.55 Å². The summed E-state index contributed by atoms with van der Waals surface area (Å²) in [6, 6.07) is 9.49. The first-order chi connectivity index (χ1) is 14.2. The average Bonchev–Trinajstić information content (AvgIpc) is 3.07. The van der Waals surface area contributed by atoms with E-state index in [1.54, 1.807) is 11.4 Å². The van der Waals surface area contributed by atoms with E-state index in [0.29, 0.717) is 11.1 Å². The molecule has 8 aliphatic carbocycles. The van der Waals surface area contributed by atoms with Crippen LogP contribution in [0.1, 0.15) is 77.0 Å². The van der Waals surface area contributed by atoms with Crippen LogP contribution in [-0.4, -0.2) is 18.6 Å². The second-order valence-corrected chi connectivity index (χ2v) is 12.6. The number of fused-ring (bicyclic) bond motifs is 1. The molecular formula is C26H34BN2. The van der Waals surface area contributed by atoms with Gasteiger partial charge in [0.05, 0.1) is 0 Å². The molecule has 8 fully saturated rings. The smallest absolute Gasteiger partial charge is 0.392 e. The molecule has 10 rings (SSSR count). The third-order valence-corrected chi connectivity index (χ3v) is 10.7. The molecule has 1 aromatic rings. The van der Waals surface area contributed by atoms with Gasteiger partial charge in [-0.2, -0.15) is 0 Å². The van der Waals surface area contributed by atoms with Crippen molar-refractivity contribution < 1.29 is 0 Å². The maximum absolute atomic E-state index is 2.85. The van der Waals surface area contributed by atoms with Gasteiger partial charge in [0.15, 0.2) is 0 Å². The summed E-state index contributed by atoms with van der Waals surface area (Å²) in [7, 11) is 2.67. The molecule has 1 heterocycles. The van der Waals surface area contributed by atoms with Crippen LogP contribution in [0.4, 0.5) is 11.4 Å². The number of rotatable bonds is 2. The average molecular weight is 385 g/mol. The quantitative estimate of drug-likeness (QED) is 0.595. The Hall–Kier alpha value is -1.12. The summed E-state index contributed by atoms with van der Waals surface area (Å²) in [6.45, 7) is 0. The van der Waals surface area contributed by atoms with Crippen LogP contribution in [0.2, 0.25) is 0 Å². The third kappa shape index (κ3) is 2.16. The number of hydrogen-bond acceptors (Lipinski definition) is 2. The van der Waals surface area contributed by atoms with Gasteiger partial charge in [-0.05, 0) is 125 Å². The molecule has 8 saturated carbocycles. The Balaban J connectivity index is 1.21. The fourth-order valence-electron chi connectivity index (χ4n) is 10.6. The van der Waals surface area contributed by atoms with Gasteiger partial charge in [0, 0.05) is 22.5 Å². The van der Waals surface area contributed by atoms with E-state index >= 15 is 0 Å². The minimum absolute atomic E-state index is 0.432. The van der Waals surface area contributed by atoms with E-state index in [1.807, 2.05) is 0 Å². The second kappa shape index (κ2) is 5.38. The van der Waals surface area contributed by atoms with Gasteiger partial charge in [0.25, 0.3) is 0 Å². The van der Waals surface area contributed by atoms with Crippen molar-refractivity contribution in [1.29, 1.82) is 0 Å². The predicted octanol–water partition coefficient (Wildman–Crippen LogP) is 5.78. The highest BCUT2D eigenvalue weighted by molar-refractivity contribution is 6.52. The molecule has 1 radical (unpaired) electrons. The number of anilines is 2. The highest BCUT2D eigenvalue weighted by Crippen LogP contribution is 2.63. The SMILES string of the molecule is [B]1N(C23CC4CC(CC(C4)C2)C3)c2ccccc2N1C12CC3CC(CC(C3)C1)C2. The Morgan fingerprint density at radius 1 is 0.552 bits per heavy atom. The van der Waals surface area contributed by atoms with E-state index in [4.69, 9.17) is 0 Å². The predicted molar refractivity (Wildman–Crippen MR) is 119 cm³/mol. The molecular weight excluding hydrogens is 351 g/mol. The van der Waals surface area contributed by atoms with Gasteiger partial charge in [-0.15, -0.1) is 0 Å². The van der Waals surface area contributed by atoms with Crippen LogP contribution in [0.15, 0.2) is 24.3 Å². The first-order valence-corrected chi connectivity index (χ1v) is 12.7. The number of benzene rings is 1. The van der Waals surface area contributed by atoms with Gasteiger partial charge in [-0.3, -0.25) is 0 Å². The van der Waals surface area contributed by atoms with E-state index in [9.17, 15) is 0 Å². The number of nitrogens with zero attached hydrogens (tertiary/aromatic N) is 2. The lowest BCUT2D eigenvalue weighted by molar-refractivity contribution is 0.000368. The summed E-state index contributed by atoms with van der Waals surface area (Å²) in [5.74, 6) is 6.06. The highest BCUT2D eigenvalue weighted by Gasteiger charge is 2.59. The molecule has 1 aromatic carbocycles. The fourth-order valence-corrected chi connectivity index (χ4v) is 10.6. The van der Waals surface area contributed by atoms with Crippen molar-refractivity contribution in [2.24, 2.45) is 35.5 Å². The normalized spacial score (nSPS) is 50.9. The Bertz CT molecular complexity index is 722.